The Morgan fingerprint density at radius 2 is 1.77 bits per heavy atom. The van der Waals surface area contributed by atoms with Gasteiger partial charge in [0, 0.05) is 36.1 Å². The molecular formula is C28H31NO6. The number of allylic oxidation sites excluding steroid dienone is 3. The lowest BCUT2D eigenvalue weighted by molar-refractivity contribution is -0.140. The molecule has 2 atom stereocenters. The van der Waals surface area contributed by atoms with Crippen LogP contribution in [0.15, 0.2) is 71.1 Å². The fourth-order valence-electron chi connectivity index (χ4n) is 4.94. The van der Waals surface area contributed by atoms with Gasteiger partial charge in [-0.3, -0.25) is 4.79 Å². The number of hydrogen-bond acceptors (Lipinski definition) is 7. The maximum Gasteiger partial charge on any atom is 0.336 e. The Bertz CT molecular complexity index is 1170. The number of nitrogens with one attached hydrogen (secondary N) is 1. The van der Waals surface area contributed by atoms with E-state index in [0.29, 0.717) is 46.7 Å². The molecule has 0 bridgehead atoms. The van der Waals surface area contributed by atoms with Crippen LogP contribution in [0.5, 0.6) is 11.5 Å². The van der Waals surface area contributed by atoms with Crippen LogP contribution in [0.4, 0.5) is 0 Å². The van der Waals surface area contributed by atoms with Crippen molar-refractivity contribution in [1.82, 2.24) is 5.32 Å². The molecule has 2 aromatic rings. The molecule has 1 N–H and O–H groups in total. The van der Waals surface area contributed by atoms with Gasteiger partial charge < -0.3 is 24.3 Å². The number of carbonyl (C=O) groups excluding carboxylic acids is 2. The van der Waals surface area contributed by atoms with Crippen LogP contribution in [-0.2, 0) is 19.1 Å². The molecular weight excluding hydrogens is 446 g/mol. The second-order valence-electron chi connectivity index (χ2n) is 8.66. The predicted octanol–water partition coefficient (Wildman–Crippen LogP) is 4.26. The zero-order valence-electron chi connectivity index (χ0n) is 20.6. The Hall–Kier alpha value is -3.58. The summed E-state index contributed by atoms with van der Waals surface area (Å²) in [5.74, 6) is 0.0965. The van der Waals surface area contributed by atoms with Crippen LogP contribution < -0.4 is 14.8 Å². The summed E-state index contributed by atoms with van der Waals surface area (Å²) in [6, 6.07) is 15.5. The highest BCUT2D eigenvalue weighted by Gasteiger charge is 2.42. The Kier molecular flexibility index (Phi) is 7.56. The smallest absolute Gasteiger partial charge is 0.336 e. The van der Waals surface area contributed by atoms with E-state index >= 15 is 0 Å². The van der Waals surface area contributed by atoms with Gasteiger partial charge in [0.2, 0.25) is 0 Å². The van der Waals surface area contributed by atoms with E-state index < -0.39 is 11.9 Å². The minimum Gasteiger partial charge on any atom is -0.497 e. The minimum absolute atomic E-state index is 0.00262. The summed E-state index contributed by atoms with van der Waals surface area (Å²) in [6.45, 7) is 2.24. The van der Waals surface area contributed by atoms with Crippen LogP contribution in [0.25, 0.3) is 0 Å². The maximum absolute atomic E-state index is 13.7. The number of carbonyl (C=O) groups is 2. The Balaban J connectivity index is 1.83. The number of ether oxygens (including phenoxy) is 4. The molecule has 7 nitrogen and oxygen atoms in total. The summed E-state index contributed by atoms with van der Waals surface area (Å²) in [5.41, 5.74) is 4.26. The minimum atomic E-state index is -0.643. The van der Waals surface area contributed by atoms with Gasteiger partial charge >= 0.3 is 5.97 Å². The number of hydrogen-bond donors (Lipinski definition) is 1. The number of Topliss-reactive ketones (excluding diaryl/α,β-unsaturated/α-hetero) is 1. The average Bonchev–Trinajstić information content (AvgIpc) is 2.87. The lowest BCUT2D eigenvalue weighted by Crippen LogP contribution is -2.36. The Morgan fingerprint density at radius 1 is 1.00 bits per heavy atom. The molecule has 0 saturated carbocycles. The molecule has 1 heterocycles. The number of dihydropyridines is 1. The second-order valence-corrected chi connectivity index (χ2v) is 8.66. The fourth-order valence-corrected chi connectivity index (χ4v) is 4.94. The van der Waals surface area contributed by atoms with Gasteiger partial charge in [0.05, 0.1) is 32.3 Å². The third-order valence-corrected chi connectivity index (χ3v) is 6.59. The van der Waals surface area contributed by atoms with Gasteiger partial charge in [-0.05, 0) is 43.0 Å². The first-order chi connectivity index (χ1) is 17.0. The van der Waals surface area contributed by atoms with Gasteiger partial charge in [-0.2, -0.15) is 0 Å². The normalized spacial score (nSPS) is 19.7. The van der Waals surface area contributed by atoms with Crippen molar-refractivity contribution < 1.29 is 28.5 Å². The number of rotatable bonds is 8. The summed E-state index contributed by atoms with van der Waals surface area (Å²) in [6.07, 6.45) is 1.02. The van der Waals surface area contributed by atoms with Gasteiger partial charge in [0.1, 0.15) is 18.1 Å². The van der Waals surface area contributed by atoms with Crippen LogP contribution in [-0.4, -0.2) is 46.3 Å². The lowest BCUT2D eigenvalue weighted by atomic mass is 9.71. The standard InChI is InChI=1S/C28H31NO6/c1-17-25(28(31)35-13-12-32-2)26(21-16-20(33-3)10-11-24(21)34-4)27-22(29-17)14-19(15-23(27)30)18-8-6-5-7-9-18/h5-11,16,19,26,29H,12-15H2,1-4H3/t19-,26+/m1/s1. The molecule has 2 aromatic carbocycles. The van der Waals surface area contributed by atoms with E-state index in [9.17, 15) is 9.59 Å². The molecule has 184 valence electrons. The van der Waals surface area contributed by atoms with Crippen molar-refractivity contribution >= 4 is 11.8 Å². The van der Waals surface area contributed by atoms with Gasteiger partial charge in [-0.1, -0.05) is 30.3 Å². The maximum atomic E-state index is 13.7. The van der Waals surface area contributed by atoms with Crippen molar-refractivity contribution in [3.05, 3.63) is 82.2 Å². The van der Waals surface area contributed by atoms with E-state index in [2.05, 4.69) is 17.4 Å². The SMILES string of the molecule is COCCOC(=O)C1=C(C)NC2=C(C(=O)C[C@H](c3ccccc3)C2)[C@H]1c1cc(OC)ccc1OC. The highest BCUT2D eigenvalue weighted by atomic mass is 16.6. The summed E-state index contributed by atoms with van der Waals surface area (Å²) >= 11 is 0. The third kappa shape index (κ3) is 4.95. The van der Waals surface area contributed by atoms with Crippen molar-refractivity contribution in [3.8, 4) is 11.5 Å². The van der Waals surface area contributed by atoms with Crippen LogP contribution in [0.2, 0.25) is 0 Å². The second kappa shape index (κ2) is 10.8. The van der Waals surface area contributed by atoms with Crippen molar-refractivity contribution in [3.63, 3.8) is 0 Å². The van der Waals surface area contributed by atoms with Crippen LogP contribution >= 0.6 is 0 Å². The van der Waals surface area contributed by atoms with E-state index in [-0.39, 0.29) is 24.9 Å². The fraction of sp³-hybridized carbons (Fsp3) is 0.357. The van der Waals surface area contributed by atoms with Crippen molar-refractivity contribution in [2.24, 2.45) is 0 Å². The number of methoxy groups -OCH3 is 3. The third-order valence-electron chi connectivity index (χ3n) is 6.59. The lowest BCUT2D eigenvalue weighted by Gasteiger charge is -2.37. The Morgan fingerprint density at radius 3 is 2.46 bits per heavy atom. The molecule has 7 heteroatoms. The first kappa shape index (κ1) is 24.5. The van der Waals surface area contributed by atoms with Crippen LogP contribution in [0.3, 0.4) is 0 Å². The van der Waals surface area contributed by atoms with E-state index in [1.54, 1.807) is 33.5 Å². The molecule has 35 heavy (non-hydrogen) atoms. The van der Waals surface area contributed by atoms with E-state index in [0.717, 1.165) is 11.3 Å². The molecule has 0 aromatic heterocycles. The molecule has 4 rings (SSSR count). The first-order valence-corrected chi connectivity index (χ1v) is 11.6. The quantitative estimate of drug-likeness (QED) is 0.449. The molecule has 2 aliphatic rings. The number of esters is 1. The summed E-state index contributed by atoms with van der Waals surface area (Å²) in [5, 5.41) is 3.37. The van der Waals surface area contributed by atoms with Crippen LogP contribution in [0, 0.1) is 0 Å². The molecule has 0 fully saturated rings. The molecule has 1 aliphatic heterocycles. The average molecular weight is 478 g/mol. The van der Waals surface area contributed by atoms with Gasteiger partial charge in [-0.25, -0.2) is 4.79 Å². The molecule has 0 amide bonds. The highest BCUT2D eigenvalue weighted by molar-refractivity contribution is 6.04. The van der Waals surface area contributed by atoms with E-state index in [1.165, 1.54) is 0 Å². The molecule has 1 aliphatic carbocycles. The number of benzene rings is 2. The van der Waals surface area contributed by atoms with E-state index in [4.69, 9.17) is 18.9 Å². The number of ketones is 1. The van der Waals surface area contributed by atoms with Gasteiger partial charge in [0.15, 0.2) is 5.78 Å². The molecule has 0 spiro atoms. The zero-order valence-corrected chi connectivity index (χ0v) is 20.6. The van der Waals surface area contributed by atoms with Crippen molar-refractivity contribution in [2.45, 2.75) is 31.6 Å². The van der Waals surface area contributed by atoms with Gasteiger partial charge in [-0.15, -0.1) is 0 Å². The predicted molar refractivity (Wildman–Crippen MR) is 131 cm³/mol. The first-order valence-electron chi connectivity index (χ1n) is 11.6. The topological polar surface area (TPSA) is 83.1 Å². The van der Waals surface area contributed by atoms with Crippen LogP contribution in [0.1, 0.15) is 42.7 Å². The van der Waals surface area contributed by atoms with E-state index in [1.807, 2.05) is 31.2 Å². The molecule has 0 unspecified atom stereocenters. The highest BCUT2D eigenvalue weighted by Crippen LogP contribution is 2.48. The monoisotopic (exact) mass is 477 g/mol. The van der Waals surface area contributed by atoms with Crippen molar-refractivity contribution in [1.29, 1.82) is 0 Å². The summed E-state index contributed by atoms with van der Waals surface area (Å²) < 4.78 is 21.7. The molecule has 0 saturated heterocycles. The Labute approximate surface area is 205 Å². The van der Waals surface area contributed by atoms with Crippen molar-refractivity contribution in [2.75, 3.05) is 34.5 Å². The summed E-state index contributed by atoms with van der Waals surface area (Å²) in [7, 11) is 4.70. The zero-order chi connectivity index (χ0) is 24.9. The summed E-state index contributed by atoms with van der Waals surface area (Å²) in [4.78, 5) is 27.0. The van der Waals surface area contributed by atoms with Gasteiger partial charge in [0.25, 0.3) is 0 Å². The molecule has 0 radical (unpaired) electrons. The largest absolute Gasteiger partial charge is 0.497 e.